The lowest BCUT2D eigenvalue weighted by Gasteiger charge is -2.22. The molecular formula is C6H8ClNOS. The highest BCUT2D eigenvalue weighted by atomic mass is 35.5. The van der Waals surface area contributed by atoms with E-state index in [1.807, 2.05) is 18.3 Å². The standard InChI is InChI=1S/C6H8ClNOS/c1-6(4-9)3-5(7)10-8(6)2/h3-4H,1-2H3. The third-order valence-electron chi connectivity index (χ3n) is 1.55. The van der Waals surface area contributed by atoms with E-state index in [0.29, 0.717) is 4.36 Å². The molecule has 0 aliphatic carbocycles. The molecule has 1 unspecified atom stereocenters. The van der Waals surface area contributed by atoms with E-state index in [4.69, 9.17) is 11.6 Å². The van der Waals surface area contributed by atoms with Gasteiger partial charge in [0.25, 0.3) is 0 Å². The maximum Gasteiger partial charge on any atom is 0.144 e. The summed E-state index contributed by atoms with van der Waals surface area (Å²) in [5.74, 6) is 0. The first-order chi connectivity index (χ1) is 4.58. The van der Waals surface area contributed by atoms with Gasteiger partial charge in [-0.15, -0.1) is 0 Å². The molecule has 1 heterocycles. The van der Waals surface area contributed by atoms with Gasteiger partial charge >= 0.3 is 0 Å². The van der Waals surface area contributed by atoms with Crippen molar-refractivity contribution in [2.75, 3.05) is 7.05 Å². The van der Waals surface area contributed by atoms with Crippen molar-refractivity contribution in [2.24, 2.45) is 0 Å². The Bertz CT molecular complexity index is 194. The summed E-state index contributed by atoms with van der Waals surface area (Å²) in [4.78, 5) is 10.5. The Morgan fingerprint density at radius 3 is 2.70 bits per heavy atom. The zero-order valence-corrected chi connectivity index (χ0v) is 7.37. The summed E-state index contributed by atoms with van der Waals surface area (Å²) >= 11 is 7.07. The second-order valence-electron chi connectivity index (χ2n) is 2.38. The van der Waals surface area contributed by atoms with E-state index in [-0.39, 0.29) is 0 Å². The third kappa shape index (κ3) is 1.21. The number of rotatable bonds is 1. The van der Waals surface area contributed by atoms with Gasteiger partial charge in [0.15, 0.2) is 0 Å². The fourth-order valence-corrected chi connectivity index (χ4v) is 2.06. The van der Waals surface area contributed by atoms with Crippen molar-refractivity contribution in [3.8, 4) is 0 Å². The molecule has 4 heteroatoms. The smallest absolute Gasteiger partial charge is 0.144 e. The lowest BCUT2D eigenvalue weighted by Crippen LogP contribution is -2.35. The number of aldehydes is 1. The Morgan fingerprint density at radius 1 is 1.90 bits per heavy atom. The van der Waals surface area contributed by atoms with Crippen molar-refractivity contribution in [3.63, 3.8) is 0 Å². The maximum absolute atomic E-state index is 10.5. The van der Waals surface area contributed by atoms with Gasteiger partial charge in [-0.3, -0.25) is 0 Å². The van der Waals surface area contributed by atoms with Gasteiger partial charge in [0.05, 0.1) is 4.36 Å². The highest BCUT2D eigenvalue weighted by molar-refractivity contribution is 8.02. The molecule has 0 aromatic rings. The van der Waals surface area contributed by atoms with E-state index >= 15 is 0 Å². The van der Waals surface area contributed by atoms with E-state index < -0.39 is 5.54 Å². The van der Waals surface area contributed by atoms with Crippen LogP contribution in [0.5, 0.6) is 0 Å². The maximum atomic E-state index is 10.5. The predicted octanol–water partition coefficient (Wildman–Crippen LogP) is 1.62. The van der Waals surface area contributed by atoms with Crippen LogP contribution in [0.3, 0.4) is 0 Å². The molecule has 1 aliphatic rings. The molecule has 0 N–H and O–H groups in total. The fourth-order valence-electron chi connectivity index (χ4n) is 0.684. The molecular weight excluding hydrogens is 170 g/mol. The van der Waals surface area contributed by atoms with E-state index in [9.17, 15) is 4.79 Å². The van der Waals surface area contributed by atoms with Crippen molar-refractivity contribution in [1.82, 2.24) is 4.31 Å². The van der Waals surface area contributed by atoms with Crippen LogP contribution in [0.2, 0.25) is 0 Å². The first-order valence-electron chi connectivity index (χ1n) is 2.85. The highest BCUT2D eigenvalue weighted by Crippen LogP contribution is 2.38. The fraction of sp³-hybridized carbons (Fsp3) is 0.500. The van der Waals surface area contributed by atoms with Gasteiger partial charge in [-0.05, 0) is 32.0 Å². The van der Waals surface area contributed by atoms with Crippen molar-refractivity contribution in [3.05, 3.63) is 10.4 Å². The van der Waals surface area contributed by atoms with E-state index in [1.54, 1.807) is 6.08 Å². The Labute approximate surface area is 69.4 Å². The topological polar surface area (TPSA) is 20.3 Å². The monoisotopic (exact) mass is 177 g/mol. The summed E-state index contributed by atoms with van der Waals surface area (Å²) in [7, 11) is 1.84. The van der Waals surface area contributed by atoms with Gasteiger partial charge in [0.2, 0.25) is 0 Å². The Kier molecular flexibility index (Phi) is 2.08. The van der Waals surface area contributed by atoms with Crippen LogP contribution in [0.25, 0.3) is 0 Å². The SMILES string of the molecule is CN1SC(Cl)=CC1(C)C=O. The van der Waals surface area contributed by atoms with Gasteiger partial charge in [-0.25, -0.2) is 4.31 Å². The molecule has 2 nitrogen and oxygen atoms in total. The number of nitrogens with zero attached hydrogens (tertiary/aromatic N) is 1. The highest BCUT2D eigenvalue weighted by Gasteiger charge is 2.33. The Morgan fingerprint density at radius 2 is 2.50 bits per heavy atom. The number of carbonyl (C=O) groups is 1. The summed E-state index contributed by atoms with van der Waals surface area (Å²) < 4.78 is 2.49. The number of halogens is 1. The molecule has 0 bridgehead atoms. The summed E-state index contributed by atoms with van der Waals surface area (Å²) in [6.07, 6.45) is 2.63. The van der Waals surface area contributed by atoms with Crippen LogP contribution in [0.1, 0.15) is 6.92 Å². The Balaban J connectivity index is 2.87. The molecule has 0 saturated carbocycles. The number of carbonyl (C=O) groups excluding carboxylic acids is 1. The van der Waals surface area contributed by atoms with Crippen LogP contribution < -0.4 is 0 Å². The van der Waals surface area contributed by atoms with E-state index in [2.05, 4.69) is 0 Å². The first kappa shape index (κ1) is 8.11. The van der Waals surface area contributed by atoms with Crippen LogP contribution in [-0.2, 0) is 4.79 Å². The Hall–Kier alpha value is 0.01000. The zero-order valence-electron chi connectivity index (χ0n) is 5.80. The largest absolute Gasteiger partial charge is 0.301 e. The van der Waals surface area contributed by atoms with Crippen LogP contribution >= 0.6 is 23.5 Å². The second-order valence-corrected chi connectivity index (χ2v) is 4.18. The van der Waals surface area contributed by atoms with Crippen molar-refractivity contribution in [1.29, 1.82) is 0 Å². The summed E-state index contributed by atoms with van der Waals surface area (Å²) in [6, 6.07) is 0. The molecule has 1 aliphatic heterocycles. The number of hydrogen-bond donors (Lipinski definition) is 0. The molecule has 0 aromatic carbocycles. The lowest BCUT2D eigenvalue weighted by atomic mass is 10.1. The normalized spacial score (nSPS) is 34.1. The number of hydrogen-bond acceptors (Lipinski definition) is 3. The molecule has 1 atom stereocenters. The third-order valence-corrected chi connectivity index (χ3v) is 2.82. The average molecular weight is 178 g/mol. The van der Waals surface area contributed by atoms with Crippen LogP contribution in [-0.4, -0.2) is 23.2 Å². The predicted molar refractivity (Wildman–Crippen MR) is 43.8 cm³/mol. The molecule has 0 saturated heterocycles. The van der Waals surface area contributed by atoms with Crippen molar-refractivity contribution >= 4 is 29.8 Å². The molecule has 0 spiro atoms. The van der Waals surface area contributed by atoms with Gasteiger partial charge < -0.3 is 4.79 Å². The minimum atomic E-state index is -0.512. The summed E-state index contributed by atoms with van der Waals surface area (Å²) in [6.45, 7) is 1.82. The molecule has 0 fully saturated rings. The quantitative estimate of drug-likeness (QED) is 0.449. The summed E-state index contributed by atoms with van der Waals surface area (Å²) in [5, 5.41) is 0. The van der Waals surface area contributed by atoms with Crippen LogP contribution in [0, 0.1) is 0 Å². The molecule has 10 heavy (non-hydrogen) atoms. The van der Waals surface area contributed by atoms with Crippen LogP contribution in [0.15, 0.2) is 10.4 Å². The molecule has 0 aromatic heterocycles. The van der Waals surface area contributed by atoms with Gasteiger partial charge in [0, 0.05) is 0 Å². The zero-order chi connectivity index (χ0) is 7.78. The van der Waals surface area contributed by atoms with Crippen LogP contribution in [0.4, 0.5) is 0 Å². The van der Waals surface area contributed by atoms with Crippen molar-refractivity contribution in [2.45, 2.75) is 12.5 Å². The first-order valence-corrected chi connectivity index (χ1v) is 4.00. The average Bonchev–Trinajstić information content (AvgIpc) is 2.09. The van der Waals surface area contributed by atoms with E-state index in [0.717, 1.165) is 6.29 Å². The molecule has 1 rings (SSSR count). The lowest BCUT2D eigenvalue weighted by molar-refractivity contribution is -0.112. The number of likely N-dealkylation sites (N-methyl/N-ethyl adjacent to an activating group) is 1. The molecule has 0 amide bonds. The van der Waals surface area contributed by atoms with Gasteiger partial charge in [-0.1, -0.05) is 11.6 Å². The van der Waals surface area contributed by atoms with Gasteiger partial charge in [0.1, 0.15) is 11.8 Å². The minimum absolute atomic E-state index is 0.512. The van der Waals surface area contributed by atoms with E-state index in [1.165, 1.54) is 11.9 Å². The summed E-state index contributed by atoms with van der Waals surface area (Å²) in [5.41, 5.74) is -0.512. The molecule has 56 valence electrons. The van der Waals surface area contributed by atoms with Crippen molar-refractivity contribution < 1.29 is 4.79 Å². The molecule has 0 radical (unpaired) electrons. The minimum Gasteiger partial charge on any atom is -0.301 e. The van der Waals surface area contributed by atoms with Gasteiger partial charge in [-0.2, -0.15) is 0 Å². The second kappa shape index (κ2) is 2.57.